The number of alkyl halides is 6. The van der Waals surface area contributed by atoms with Gasteiger partial charge in [-0.25, -0.2) is 0 Å². The first-order valence-electron chi connectivity index (χ1n) is 3.54. The summed E-state index contributed by atoms with van der Waals surface area (Å²) < 4.78 is 36.4. The molecule has 0 aromatic carbocycles. The van der Waals surface area contributed by atoms with Gasteiger partial charge in [-0.15, -0.1) is 0 Å². The zero-order valence-corrected chi connectivity index (χ0v) is 9.16. The van der Waals surface area contributed by atoms with Gasteiger partial charge in [-0.2, -0.15) is 0 Å². The van der Waals surface area contributed by atoms with Gasteiger partial charge in [0.25, 0.3) is 0 Å². The van der Waals surface area contributed by atoms with Crippen LogP contribution in [0.1, 0.15) is 20.3 Å². The summed E-state index contributed by atoms with van der Waals surface area (Å²) in [7, 11) is 0. The Hall–Kier alpha value is 0.520. The minimum atomic E-state index is -3.94. The topological polar surface area (TPSA) is 0 Å². The molecular weight excluding hydrogens is 268 g/mol. The van der Waals surface area contributed by atoms with E-state index in [4.69, 9.17) is 0 Å². The van der Waals surface area contributed by atoms with Gasteiger partial charge in [-0.05, 0) is 0 Å². The quantitative estimate of drug-likeness (QED) is 0.549. The van der Waals surface area contributed by atoms with Crippen LogP contribution in [0.5, 0.6) is 0 Å². The fraction of sp³-hybridized carbons (Fsp3) is 1.00. The van der Waals surface area contributed by atoms with Crippen LogP contribution in [0.25, 0.3) is 0 Å². The summed E-state index contributed by atoms with van der Waals surface area (Å²) in [5.41, 5.74) is 0. The second-order valence-corrected chi connectivity index (χ2v) is 9.01. The van der Waals surface area contributed by atoms with Crippen molar-refractivity contribution in [2.75, 3.05) is 9.36 Å². The van der Waals surface area contributed by atoms with Gasteiger partial charge in [0.05, 0.1) is 0 Å². The Labute approximate surface area is 72.9 Å². The van der Waals surface area contributed by atoms with Gasteiger partial charge in [-0.3, -0.25) is 0 Å². The van der Waals surface area contributed by atoms with Crippen LogP contribution in [-0.4, -0.2) is 19.5 Å². The zero-order valence-electron chi connectivity index (χ0n) is 7.00. The van der Waals surface area contributed by atoms with Gasteiger partial charge in [-0.1, -0.05) is 0 Å². The molecule has 0 aliphatic rings. The molecule has 0 rings (SSSR count). The van der Waals surface area contributed by atoms with E-state index in [0.29, 0.717) is 0 Å². The summed E-state index contributed by atoms with van der Waals surface area (Å²) in [6.07, 6.45) is -3.68. The molecule has 70 valence electrons. The first-order chi connectivity index (χ1) is 4.93. The van der Waals surface area contributed by atoms with Crippen LogP contribution in [0.15, 0.2) is 0 Å². The number of hydrogen-bond donors (Lipinski definition) is 0. The van der Waals surface area contributed by atoms with E-state index in [0.717, 1.165) is 4.43 Å². The fourth-order valence-electron chi connectivity index (χ4n) is 0.892. The first-order valence-corrected chi connectivity index (χ1v) is 8.47. The van der Waals surface area contributed by atoms with Crippen molar-refractivity contribution in [3.8, 4) is 0 Å². The summed E-state index contributed by atoms with van der Waals surface area (Å²) >= 11 is -1.71. The average Bonchev–Trinajstić information content (AvgIpc) is 1.86. The molecule has 0 saturated carbocycles. The molecule has 0 saturated heterocycles. The predicted octanol–water partition coefficient (Wildman–Crippen LogP) is 3.48. The molecule has 0 fully saturated rings. The summed E-state index contributed by atoms with van der Waals surface area (Å²) in [6, 6.07) is 0. The second kappa shape index (κ2) is 4.52. The van der Waals surface area contributed by atoms with Crippen LogP contribution in [0.2, 0.25) is 0 Å². The predicted molar refractivity (Wildman–Crippen MR) is 50.6 cm³/mol. The molecule has 0 N–H and O–H groups in total. The average molecular weight is 282 g/mol. The molecule has 0 amide bonds. The third-order valence-corrected chi connectivity index (χ3v) is 8.15. The van der Waals surface area contributed by atoms with Crippen LogP contribution < -0.4 is 0 Å². The molecule has 0 heterocycles. The summed E-state index contributed by atoms with van der Waals surface area (Å²) in [4.78, 5) is 1.81. The molecule has 1 atom stereocenters. The van der Waals surface area contributed by atoms with E-state index in [1.54, 1.807) is 6.92 Å². The van der Waals surface area contributed by atoms with E-state index in [1.807, 2.05) is 11.9 Å². The van der Waals surface area contributed by atoms with Crippen molar-refractivity contribution in [3.05, 3.63) is 0 Å². The van der Waals surface area contributed by atoms with Gasteiger partial charge >= 0.3 is 72.7 Å². The molecule has 4 heteroatoms. The Morgan fingerprint density at radius 3 is 1.82 bits per heavy atom. The van der Waals surface area contributed by atoms with E-state index >= 15 is 0 Å². The molecule has 0 radical (unpaired) electrons. The molecule has 0 spiro atoms. The maximum absolute atomic E-state index is 12.2. The van der Waals surface area contributed by atoms with Crippen molar-refractivity contribution in [2.24, 2.45) is 0 Å². The standard InChI is InChI=1S/C7H14F3I/c1-4-6(7(8,9)10)11(3)5-2/h6H,4-5H2,1-3H3. The normalized spacial score (nSPS) is 16.4. The van der Waals surface area contributed by atoms with E-state index in [2.05, 4.69) is 0 Å². The van der Waals surface area contributed by atoms with Crippen molar-refractivity contribution >= 4 is 19.8 Å². The fourth-order valence-corrected chi connectivity index (χ4v) is 4.66. The van der Waals surface area contributed by atoms with E-state index in [1.165, 1.54) is 0 Å². The molecule has 0 aliphatic carbocycles. The van der Waals surface area contributed by atoms with Crippen LogP contribution >= 0.6 is 19.8 Å². The molecule has 1 unspecified atom stereocenters. The first kappa shape index (κ1) is 11.5. The van der Waals surface area contributed by atoms with Crippen molar-refractivity contribution in [1.29, 1.82) is 0 Å². The van der Waals surface area contributed by atoms with Crippen LogP contribution in [0.4, 0.5) is 13.2 Å². The van der Waals surface area contributed by atoms with Crippen molar-refractivity contribution in [1.82, 2.24) is 0 Å². The molecule has 0 aromatic heterocycles. The van der Waals surface area contributed by atoms with Gasteiger partial charge in [0.2, 0.25) is 0 Å². The Morgan fingerprint density at radius 1 is 1.27 bits per heavy atom. The molecule has 0 aromatic rings. The summed E-state index contributed by atoms with van der Waals surface area (Å²) in [6.45, 7) is 3.49. The van der Waals surface area contributed by atoms with E-state index < -0.39 is 29.9 Å². The Morgan fingerprint density at radius 2 is 1.73 bits per heavy atom. The third-order valence-electron chi connectivity index (χ3n) is 1.58. The van der Waals surface area contributed by atoms with Crippen LogP contribution in [-0.2, 0) is 0 Å². The number of rotatable bonds is 3. The molecule has 0 bridgehead atoms. The molecular formula is C7H14F3I. The Bertz CT molecular complexity index is 111. The van der Waals surface area contributed by atoms with E-state index in [-0.39, 0.29) is 6.42 Å². The van der Waals surface area contributed by atoms with Gasteiger partial charge < -0.3 is 0 Å². The second-order valence-electron chi connectivity index (χ2n) is 2.32. The third kappa shape index (κ3) is 3.62. The molecule has 11 heavy (non-hydrogen) atoms. The maximum atomic E-state index is 12.2. The minimum absolute atomic E-state index is 0.263. The number of halogens is 4. The monoisotopic (exact) mass is 282 g/mol. The summed E-state index contributed by atoms with van der Waals surface area (Å²) in [5.74, 6) is 0. The van der Waals surface area contributed by atoms with Crippen LogP contribution in [0.3, 0.4) is 0 Å². The SMILES string of the molecule is CCC(I(C)CC)C(F)(F)F. The van der Waals surface area contributed by atoms with Crippen molar-refractivity contribution < 1.29 is 13.2 Å². The Kier molecular flexibility index (Phi) is 4.74. The Balaban J connectivity index is 4.16. The summed E-state index contributed by atoms with van der Waals surface area (Å²) in [5, 5.41) is 0. The molecule has 0 aliphatic heterocycles. The van der Waals surface area contributed by atoms with Gasteiger partial charge in [0.1, 0.15) is 0 Å². The van der Waals surface area contributed by atoms with E-state index in [9.17, 15) is 13.2 Å². The number of hydrogen-bond acceptors (Lipinski definition) is 0. The van der Waals surface area contributed by atoms with Crippen molar-refractivity contribution in [3.63, 3.8) is 0 Å². The van der Waals surface area contributed by atoms with Gasteiger partial charge in [0, 0.05) is 0 Å². The van der Waals surface area contributed by atoms with Crippen LogP contribution in [0, 0.1) is 0 Å². The van der Waals surface area contributed by atoms with Gasteiger partial charge in [0.15, 0.2) is 0 Å². The zero-order chi connectivity index (χ0) is 9.07. The van der Waals surface area contributed by atoms with Crippen molar-refractivity contribution in [2.45, 2.75) is 30.4 Å². The molecule has 0 nitrogen and oxygen atoms in total.